The van der Waals surface area contributed by atoms with E-state index in [1.807, 2.05) is 18.2 Å². The normalized spacial score (nSPS) is 23.6. The van der Waals surface area contributed by atoms with Gasteiger partial charge in [-0.05, 0) is 24.9 Å². The number of nitrogens with zero attached hydrogens (tertiary/aromatic N) is 2. The molecule has 7 heteroatoms. The number of primary amides is 1. The molecule has 0 aliphatic carbocycles. The Bertz CT molecular complexity index is 647. The van der Waals surface area contributed by atoms with Gasteiger partial charge >= 0.3 is 0 Å². The zero-order valence-corrected chi connectivity index (χ0v) is 14.2. The first kappa shape index (κ1) is 17.4. The van der Waals surface area contributed by atoms with Gasteiger partial charge in [0.25, 0.3) is 5.91 Å². The van der Waals surface area contributed by atoms with Crippen LogP contribution in [0.4, 0.5) is 0 Å². The van der Waals surface area contributed by atoms with Crippen molar-refractivity contribution < 1.29 is 14.4 Å². The Balaban J connectivity index is 1.44. The van der Waals surface area contributed by atoms with Crippen LogP contribution in [-0.4, -0.2) is 48.2 Å². The molecule has 1 fully saturated rings. The molecule has 0 spiro atoms. The van der Waals surface area contributed by atoms with Crippen molar-refractivity contribution in [2.45, 2.75) is 31.9 Å². The highest BCUT2D eigenvalue weighted by Gasteiger charge is 2.28. The molecular weight excluding hydrogens is 320 g/mol. The molecule has 1 saturated heterocycles. The van der Waals surface area contributed by atoms with E-state index >= 15 is 0 Å². The highest BCUT2D eigenvalue weighted by molar-refractivity contribution is 6.38. The molecule has 0 radical (unpaired) electrons. The Morgan fingerprint density at radius 1 is 1.32 bits per heavy atom. The number of carbonyl (C=O) groups excluding carboxylic acids is 2. The first-order valence-electron chi connectivity index (χ1n) is 8.68. The van der Waals surface area contributed by atoms with E-state index < -0.39 is 5.91 Å². The second-order valence-electron chi connectivity index (χ2n) is 6.64. The number of rotatable bonds is 6. The number of oxime groups is 1. The molecule has 25 heavy (non-hydrogen) atoms. The van der Waals surface area contributed by atoms with Crippen LogP contribution in [0.5, 0.6) is 0 Å². The molecule has 7 nitrogen and oxygen atoms in total. The van der Waals surface area contributed by atoms with E-state index in [4.69, 9.17) is 10.6 Å². The van der Waals surface area contributed by atoms with Gasteiger partial charge in [-0.15, -0.1) is 0 Å². The summed E-state index contributed by atoms with van der Waals surface area (Å²) in [5, 5.41) is 6.57. The minimum atomic E-state index is -0.572. The lowest BCUT2D eigenvalue weighted by Crippen LogP contribution is -2.44. The lowest BCUT2D eigenvalue weighted by atomic mass is 9.96. The van der Waals surface area contributed by atoms with E-state index in [-0.39, 0.29) is 23.6 Å². The maximum absolute atomic E-state index is 12.4. The van der Waals surface area contributed by atoms with Gasteiger partial charge in [-0.25, -0.2) is 0 Å². The maximum Gasteiger partial charge on any atom is 0.266 e. The fourth-order valence-electron chi connectivity index (χ4n) is 3.30. The Kier molecular flexibility index (Phi) is 5.65. The lowest BCUT2D eigenvalue weighted by Gasteiger charge is -2.32. The number of likely N-dealkylation sites (tertiary alicyclic amines) is 1. The summed E-state index contributed by atoms with van der Waals surface area (Å²) in [6.45, 7) is 2.98. The topological polar surface area (TPSA) is 97.0 Å². The van der Waals surface area contributed by atoms with Crippen LogP contribution in [0.2, 0.25) is 0 Å². The maximum atomic E-state index is 12.4. The van der Waals surface area contributed by atoms with Crippen molar-refractivity contribution in [2.24, 2.45) is 16.8 Å². The molecule has 3 rings (SSSR count). The number of amides is 2. The van der Waals surface area contributed by atoms with Crippen molar-refractivity contribution in [2.75, 3.05) is 19.6 Å². The summed E-state index contributed by atoms with van der Waals surface area (Å²) in [6, 6.07) is 10.3. The average Bonchev–Trinajstić information content (AvgIpc) is 3.10. The molecule has 0 unspecified atom stereocenters. The van der Waals surface area contributed by atoms with Crippen LogP contribution in [0.3, 0.4) is 0 Å². The standard InChI is InChI=1S/C18H24N4O3/c19-17(23)16-9-15(25-21-16)10-20-18(24)14-7-4-8-22(12-14)11-13-5-2-1-3-6-13/h1-3,5-6,14-15H,4,7-12H2,(H2,19,23)(H,20,24)/t14-,15-/m0/s1. The van der Waals surface area contributed by atoms with Gasteiger partial charge < -0.3 is 15.9 Å². The van der Waals surface area contributed by atoms with E-state index in [0.29, 0.717) is 13.0 Å². The van der Waals surface area contributed by atoms with Crippen LogP contribution < -0.4 is 11.1 Å². The SMILES string of the molecule is NC(=O)C1=NO[C@H](CNC(=O)[C@H]2CCCN(Cc3ccccc3)C2)C1. The molecular formula is C18H24N4O3. The first-order valence-corrected chi connectivity index (χ1v) is 8.68. The fraction of sp³-hybridized carbons (Fsp3) is 0.500. The Morgan fingerprint density at radius 3 is 2.84 bits per heavy atom. The molecule has 2 amide bonds. The number of nitrogens with two attached hydrogens (primary N) is 1. The highest BCUT2D eigenvalue weighted by Crippen LogP contribution is 2.19. The van der Waals surface area contributed by atoms with Crippen LogP contribution in [0, 0.1) is 5.92 Å². The van der Waals surface area contributed by atoms with E-state index in [1.165, 1.54) is 5.56 Å². The van der Waals surface area contributed by atoms with Crippen LogP contribution in [-0.2, 0) is 21.0 Å². The van der Waals surface area contributed by atoms with Gasteiger partial charge in [0.1, 0.15) is 5.71 Å². The summed E-state index contributed by atoms with van der Waals surface area (Å²) in [6.07, 6.45) is 1.95. The molecule has 2 aliphatic rings. The Hall–Kier alpha value is -2.41. The zero-order chi connectivity index (χ0) is 17.6. The van der Waals surface area contributed by atoms with E-state index in [1.54, 1.807) is 0 Å². The van der Waals surface area contributed by atoms with Gasteiger partial charge in [-0.2, -0.15) is 0 Å². The third-order valence-corrected chi connectivity index (χ3v) is 4.65. The third-order valence-electron chi connectivity index (χ3n) is 4.65. The molecule has 1 aromatic rings. The molecule has 3 N–H and O–H groups in total. The first-order chi connectivity index (χ1) is 12.1. The van der Waals surface area contributed by atoms with E-state index in [9.17, 15) is 9.59 Å². The molecule has 134 valence electrons. The van der Waals surface area contributed by atoms with Crippen LogP contribution in [0.15, 0.2) is 35.5 Å². The minimum absolute atomic E-state index is 0.0182. The Labute approximate surface area is 147 Å². The summed E-state index contributed by atoms with van der Waals surface area (Å²) >= 11 is 0. The monoisotopic (exact) mass is 344 g/mol. The number of hydrogen-bond donors (Lipinski definition) is 2. The number of nitrogens with one attached hydrogen (secondary N) is 1. The summed E-state index contributed by atoms with van der Waals surface area (Å²) in [5.74, 6) is -0.554. The van der Waals surface area contributed by atoms with Crippen LogP contribution in [0.1, 0.15) is 24.8 Å². The number of carbonyl (C=O) groups is 2. The lowest BCUT2D eigenvalue weighted by molar-refractivity contribution is -0.127. The summed E-state index contributed by atoms with van der Waals surface area (Å²) in [5.41, 5.74) is 6.66. The summed E-state index contributed by atoms with van der Waals surface area (Å²) < 4.78 is 0. The van der Waals surface area contributed by atoms with Crippen molar-refractivity contribution in [1.82, 2.24) is 10.2 Å². The largest absolute Gasteiger partial charge is 0.390 e. The van der Waals surface area contributed by atoms with Crippen molar-refractivity contribution in [3.8, 4) is 0 Å². The summed E-state index contributed by atoms with van der Waals surface area (Å²) in [4.78, 5) is 30.9. The molecule has 0 aromatic heterocycles. The van der Waals surface area contributed by atoms with Crippen molar-refractivity contribution >= 4 is 17.5 Å². The number of hydrogen-bond acceptors (Lipinski definition) is 5. The smallest absolute Gasteiger partial charge is 0.266 e. The fourth-order valence-corrected chi connectivity index (χ4v) is 3.30. The molecule has 1 aromatic carbocycles. The second kappa shape index (κ2) is 8.11. The quantitative estimate of drug-likeness (QED) is 0.791. The van der Waals surface area contributed by atoms with E-state index in [0.717, 1.165) is 32.5 Å². The molecule has 2 heterocycles. The number of benzene rings is 1. The second-order valence-corrected chi connectivity index (χ2v) is 6.64. The Morgan fingerprint density at radius 2 is 2.12 bits per heavy atom. The van der Waals surface area contributed by atoms with Gasteiger partial charge in [0.05, 0.1) is 12.5 Å². The predicted octanol–water partition coefficient (Wildman–Crippen LogP) is 0.645. The van der Waals surface area contributed by atoms with Gasteiger partial charge in [0.2, 0.25) is 5.91 Å². The van der Waals surface area contributed by atoms with Crippen molar-refractivity contribution in [3.63, 3.8) is 0 Å². The molecule has 0 saturated carbocycles. The molecule has 2 atom stereocenters. The van der Waals surface area contributed by atoms with Crippen molar-refractivity contribution in [3.05, 3.63) is 35.9 Å². The molecule has 0 bridgehead atoms. The summed E-state index contributed by atoms with van der Waals surface area (Å²) in [7, 11) is 0. The van der Waals surface area contributed by atoms with Crippen LogP contribution in [0.25, 0.3) is 0 Å². The zero-order valence-electron chi connectivity index (χ0n) is 14.2. The highest BCUT2D eigenvalue weighted by atomic mass is 16.6. The van der Waals surface area contributed by atoms with Crippen LogP contribution >= 0.6 is 0 Å². The van der Waals surface area contributed by atoms with E-state index in [2.05, 4.69) is 27.5 Å². The van der Waals surface area contributed by atoms with Gasteiger partial charge in [0.15, 0.2) is 6.10 Å². The average molecular weight is 344 g/mol. The van der Waals surface area contributed by atoms with Gasteiger partial charge in [-0.1, -0.05) is 35.5 Å². The molecule has 2 aliphatic heterocycles. The third kappa shape index (κ3) is 4.79. The minimum Gasteiger partial charge on any atom is -0.390 e. The van der Waals surface area contributed by atoms with Gasteiger partial charge in [-0.3, -0.25) is 14.5 Å². The van der Waals surface area contributed by atoms with Gasteiger partial charge in [0, 0.05) is 19.5 Å². The predicted molar refractivity (Wildman–Crippen MR) is 93.6 cm³/mol. The van der Waals surface area contributed by atoms with Crippen molar-refractivity contribution in [1.29, 1.82) is 0 Å². The number of piperidine rings is 1.